The molecule has 1 rings (SSSR count). The Kier molecular flexibility index (Phi) is 13.6. The lowest BCUT2D eigenvalue weighted by Crippen LogP contribution is -2.27. The van der Waals surface area contributed by atoms with Gasteiger partial charge in [0.05, 0.1) is 12.4 Å². The summed E-state index contributed by atoms with van der Waals surface area (Å²) in [5.41, 5.74) is 0. The van der Waals surface area contributed by atoms with Crippen LogP contribution in [0.15, 0.2) is 17.1 Å². The zero-order chi connectivity index (χ0) is 14.5. The van der Waals surface area contributed by atoms with Gasteiger partial charge in [-0.2, -0.15) is 0 Å². The molecule has 0 spiro atoms. The molecule has 3 nitrogen and oxygen atoms in total. The number of hydrogen-bond donors (Lipinski definition) is 1. The summed E-state index contributed by atoms with van der Waals surface area (Å²) in [6.07, 6.45) is 18.3. The zero-order valence-electron chi connectivity index (χ0n) is 14.4. The maximum Gasteiger partial charge on any atom is 0.0990 e. The van der Waals surface area contributed by atoms with Gasteiger partial charge in [-0.25, -0.2) is 0 Å². The number of amidine groups is 1. The predicted molar refractivity (Wildman–Crippen MR) is 95.6 cm³/mol. The van der Waals surface area contributed by atoms with Crippen LogP contribution >= 0.6 is 0 Å². The summed E-state index contributed by atoms with van der Waals surface area (Å²) >= 11 is 0. The number of unbranched alkanes of at least 4 members (excludes halogenated alkanes) is 8. The quantitative estimate of drug-likeness (QED) is 0.389. The molecule has 0 bridgehead atoms. The van der Waals surface area contributed by atoms with Crippen molar-refractivity contribution in [3.63, 3.8) is 0 Å². The molecule has 0 saturated heterocycles. The maximum absolute atomic E-state index is 4.51. The highest BCUT2D eigenvalue weighted by Gasteiger charge is 2.12. The Labute approximate surface area is 132 Å². The minimum absolute atomic E-state index is 0. The van der Waals surface area contributed by atoms with Crippen LogP contribution in [0.4, 0.5) is 0 Å². The fraction of sp³-hybridized carbons (Fsp3) is 0.833. The van der Waals surface area contributed by atoms with Gasteiger partial charge in [0.1, 0.15) is 0 Å². The Hall–Kier alpha value is -0.830. The van der Waals surface area contributed by atoms with Gasteiger partial charge < -0.3 is 11.1 Å². The van der Waals surface area contributed by atoms with Crippen LogP contribution in [-0.2, 0) is 0 Å². The van der Waals surface area contributed by atoms with Crippen LogP contribution in [0.3, 0.4) is 0 Å². The van der Waals surface area contributed by atoms with Crippen molar-refractivity contribution in [1.82, 2.24) is 11.1 Å². The van der Waals surface area contributed by atoms with Gasteiger partial charge in [-0.1, -0.05) is 70.9 Å². The summed E-state index contributed by atoms with van der Waals surface area (Å²) in [6.45, 7) is 7.65. The second kappa shape index (κ2) is 14.1. The van der Waals surface area contributed by atoms with Gasteiger partial charge in [0, 0.05) is 19.5 Å². The number of hydrogen-bond acceptors (Lipinski definition) is 3. The molecule has 0 aromatic rings. The van der Waals surface area contributed by atoms with E-state index in [9.17, 15) is 0 Å². The third-order valence-electron chi connectivity index (χ3n) is 4.06. The maximum atomic E-state index is 4.51. The Morgan fingerprint density at radius 2 is 1.62 bits per heavy atom. The number of aliphatic imine (C=N–C) groups is 1. The van der Waals surface area contributed by atoms with E-state index in [4.69, 9.17) is 0 Å². The van der Waals surface area contributed by atoms with E-state index < -0.39 is 0 Å². The van der Waals surface area contributed by atoms with Gasteiger partial charge in [-0.15, -0.1) is 0 Å². The molecule has 0 amide bonds. The van der Waals surface area contributed by atoms with Crippen LogP contribution in [0.25, 0.3) is 0 Å². The molecule has 1 aliphatic heterocycles. The fourth-order valence-electron chi connectivity index (χ4n) is 2.78. The summed E-state index contributed by atoms with van der Waals surface area (Å²) in [7, 11) is 0. The van der Waals surface area contributed by atoms with Gasteiger partial charge in [-0.05, 0) is 12.8 Å². The van der Waals surface area contributed by atoms with Gasteiger partial charge >= 0.3 is 0 Å². The normalized spacial score (nSPS) is 14.6. The first-order valence-corrected chi connectivity index (χ1v) is 8.81. The number of rotatable bonds is 12. The smallest absolute Gasteiger partial charge is 0.0990 e. The van der Waals surface area contributed by atoms with Crippen molar-refractivity contribution in [2.75, 3.05) is 19.6 Å². The molecular weight excluding hydrogens is 258 g/mol. The topological polar surface area (TPSA) is 50.6 Å². The first-order chi connectivity index (χ1) is 9.88. The molecule has 0 fully saturated rings. The highest BCUT2D eigenvalue weighted by atomic mass is 15.2. The van der Waals surface area contributed by atoms with E-state index in [2.05, 4.69) is 35.9 Å². The molecule has 124 valence electrons. The van der Waals surface area contributed by atoms with E-state index >= 15 is 0 Å². The Bertz CT molecular complexity index is 284. The molecule has 21 heavy (non-hydrogen) atoms. The van der Waals surface area contributed by atoms with Gasteiger partial charge in [-0.3, -0.25) is 4.99 Å². The summed E-state index contributed by atoms with van der Waals surface area (Å²) in [6, 6.07) is 0. The highest BCUT2D eigenvalue weighted by Crippen LogP contribution is 2.10. The molecule has 0 saturated carbocycles. The van der Waals surface area contributed by atoms with E-state index in [0.717, 1.165) is 26.1 Å². The SMILES string of the molecule is CCCCCCCCCCC=CCN1CCN=C1CC.N. The highest BCUT2D eigenvalue weighted by molar-refractivity contribution is 5.83. The first kappa shape index (κ1) is 20.2. The van der Waals surface area contributed by atoms with Crippen molar-refractivity contribution in [2.24, 2.45) is 4.99 Å². The number of allylic oxidation sites excluding steroid dienone is 1. The third kappa shape index (κ3) is 9.67. The van der Waals surface area contributed by atoms with Gasteiger partial charge in [0.25, 0.3) is 0 Å². The van der Waals surface area contributed by atoms with Crippen LogP contribution < -0.4 is 6.15 Å². The van der Waals surface area contributed by atoms with Crippen LogP contribution in [0.1, 0.15) is 78.1 Å². The van der Waals surface area contributed by atoms with Crippen molar-refractivity contribution in [3.05, 3.63) is 12.2 Å². The predicted octanol–water partition coefficient (Wildman–Crippen LogP) is 5.36. The summed E-state index contributed by atoms with van der Waals surface area (Å²) in [5, 5.41) is 0. The van der Waals surface area contributed by atoms with Crippen molar-refractivity contribution < 1.29 is 0 Å². The third-order valence-corrected chi connectivity index (χ3v) is 4.06. The average Bonchev–Trinajstić information content (AvgIpc) is 2.92. The van der Waals surface area contributed by atoms with Crippen molar-refractivity contribution in [1.29, 1.82) is 0 Å². The van der Waals surface area contributed by atoms with Crippen molar-refractivity contribution >= 4 is 5.84 Å². The van der Waals surface area contributed by atoms with E-state index in [-0.39, 0.29) is 6.15 Å². The number of nitrogens with zero attached hydrogens (tertiary/aromatic N) is 2. The lowest BCUT2D eigenvalue weighted by atomic mass is 10.1. The summed E-state index contributed by atoms with van der Waals surface area (Å²) in [4.78, 5) is 6.92. The molecule has 0 radical (unpaired) electrons. The largest absolute Gasteiger partial charge is 0.355 e. The van der Waals surface area contributed by atoms with E-state index in [0.29, 0.717) is 0 Å². The van der Waals surface area contributed by atoms with Crippen molar-refractivity contribution in [2.45, 2.75) is 78.1 Å². The van der Waals surface area contributed by atoms with E-state index in [1.54, 1.807) is 0 Å². The van der Waals surface area contributed by atoms with Crippen LogP contribution in [0, 0.1) is 0 Å². The molecule has 0 aromatic carbocycles. The second-order valence-corrected chi connectivity index (χ2v) is 5.83. The first-order valence-electron chi connectivity index (χ1n) is 8.81. The minimum atomic E-state index is 0. The Morgan fingerprint density at radius 1 is 0.952 bits per heavy atom. The van der Waals surface area contributed by atoms with E-state index in [1.165, 1.54) is 63.6 Å². The summed E-state index contributed by atoms with van der Waals surface area (Å²) in [5.74, 6) is 1.29. The molecular formula is C18H37N3. The fourth-order valence-corrected chi connectivity index (χ4v) is 2.78. The Balaban J connectivity index is 0.00000400. The molecule has 0 aliphatic carbocycles. The van der Waals surface area contributed by atoms with Crippen LogP contribution in [-0.4, -0.2) is 30.4 Å². The van der Waals surface area contributed by atoms with Crippen LogP contribution in [0.2, 0.25) is 0 Å². The molecule has 0 aromatic heterocycles. The molecule has 3 heteroatoms. The van der Waals surface area contributed by atoms with Crippen molar-refractivity contribution in [3.8, 4) is 0 Å². The van der Waals surface area contributed by atoms with Gasteiger partial charge in [0.15, 0.2) is 0 Å². The summed E-state index contributed by atoms with van der Waals surface area (Å²) < 4.78 is 0. The zero-order valence-corrected chi connectivity index (χ0v) is 14.4. The standard InChI is InChI=1S/C18H34N2.H3N/c1-3-5-6-7-8-9-10-11-12-13-14-16-20-17-15-19-18(20)4-2;/h13-14H,3-12,15-17H2,1-2H3;1H3. The second-order valence-electron chi connectivity index (χ2n) is 5.83. The van der Waals surface area contributed by atoms with Gasteiger partial charge in [0.2, 0.25) is 0 Å². The average molecular weight is 296 g/mol. The molecule has 1 heterocycles. The molecule has 1 aliphatic rings. The van der Waals surface area contributed by atoms with E-state index in [1.807, 2.05) is 0 Å². The minimum Gasteiger partial charge on any atom is -0.355 e. The monoisotopic (exact) mass is 295 g/mol. The molecule has 0 unspecified atom stereocenters. The molecule has 3 N–H and O–H groups in total. The lowest BCUT2D eigenvalue weighted by Gasteiger charge is -2.16. The Morgan fingerprint density at radius 3 is 2.29 bits per heavy atom. The lowest BCUT2D eigenvalue weighted by molar-refractivity contribution is 0.498. The van der Waals surface area contributed by atoms with Crippen LogP contribution in [0.5, 0.6) is 0 Å². The molecule has 0 atom stereocenters.